The van der Waals surface area contributed by atoms with E-state index in [1.165, 1.54) is 38.6 Å². The summed E-state index contributed by atoms with van der Waals surface area (Å²) in [6, 6.07) is 10.5. The third-order valence-corrected chi connectivity index (χ3v) is 6.15. The number of hydrogen-bond acceptors (Lipinski definition) is 6. The number of nitrogens with one attached hydrogen (secondary N) is 1. The average molecular weight is 430 g/mol. The highest BCUT2D eigenvalue weighted by Crippen LogP contribution is 2.29. The van der Waals surface area contributed by atoms with Crippen molar-refractivity contribution in [2.45, 2.75) is 24.8 Å². The van der Waals surface area contributed by atoms with Crippen LogP contribution in [0.4, 0.5) is 0 Å². The zero-order valence-corrected chi connectivity index (χ0v) is 17.8. The van der Waals surface area contributed by atoms with Gasteiger partial charge in [0.15, 0.2) is 0 Å². The van der Waals surface area contributed by atoms with Crippen molar-refractivity contribution >= 4 is 32.8 Å². The Morgan fingerprint density at radius 3 is 2.37 bits per heavy atom. The van der Waals surface area contributed by atoms with E-state index >= 15 is 0 Å². The van der Waals surface area contributed by atoms with Gasteiger partial charge >= 0.3 is 5.97 Å². The molecule has 0 saturated carbocycles. The van der Waals surface area contributed by atoms with Crippen LogP contribution in [0.2, 0.25) is 0 Å². The van der Waals surface area contributed by atoms with Gasteiger partial charge in [0.2, 0.25) is 0 Å². The van der Waals surface area contributed by atoms with E-state index < -0.39 is 21.9 Å². The summed E-state index contributed by atoms with van der Waals surface area (Å²) < 4.78 is 37.8. The van der Waals surface area contributed by atoms with Gasteiger partial charge in [-0.3, -0.25) is 4.79 Å². The number of carbonyl (C=O) groups excluding carboxylic acids is 2. The number of esters is 1. The van der Waals surface area contributed by atoms with Gasteiger partial charge in [-0.05, 0) is 38.1 Å². The fourth-order valence-electron chi connectivity index (χ4n) is 3.10. The van der Waals surface area contributed by atoms with Crippen molar-refractivity contribution < 1.29 is 27.5 Å². The molecule has 30 heavy (non-hydrogen) atoms. The van der Waals surface area contributed by atoms with Crippen molar-refractivity contribution in [3.8, 4) is 5.75 Å². The monoisotopic (exact) mass is 430 g/mol. The Labute approximate surface area is 174 Å². The predicted octanol–water partition coefficient (Wildman–Crippen LogP) is 2.81. The fourth-order valence-corrected chi connectivity index (χ4v) is 4.50. The highest BCUT2D eigenvalue weighted by atomic mass is 32.2. The molecule has 0 aliphatic heterocycles. The maximum absolute atomic E-state index is 13.4. The van der Waals surface area contributed by atoms with E-state index in [0.29, 0.717) is 10.9 Å². The summed E-state index contributed by atoms with van der Waals surface area (Å²) in [4.78, 5) is 24.6. The maximum Gasteiger partial charge on any atom is 0.340 e. The van der Waals surface area contributed by atoms with Crippen LogP contribution in [0.1, 0.15) is 34.6 Å². The van der Waals surface area contributed by atoms with Crippen LogP contribution < -0.4 is 10.1 Å². The Bertz CT molecular complexity index is 1230. The van der Waals surface area contributed by atoms with Gasteiger partial charge in [-0.1, -0.05) is 18.2 Å². The van der Waals surface area contributed by atoms with Crippen LogP contribution in [0.5, 0.6) is 5.75 Å². The number of rotatable bonds is 6. The summed E-state index contributed by atoms with van der Waals surface area (Å²) in [5.74, 6) is -0.849. The van der Waals surface area contributed by atoms with E-state index in [0.717, 1.165) is 3.97 Å². The summed E-state index contributed by atoms with van der Waals surface area (Å²) in [6.07, 6.45) is 1.23. The van der Waals surface area contributed by atoms with Crippen LogP contribution in [0, 0.1) is 0 Å². The smallest absolute Gasteiger partial charge is 0.340 e. The Kier molecular flexibility index (Phi) is 5.84. The van der Waals surface area contributed by atoms with Crippen molar-refractivity contribution in [1.82, 2.24) is 9.29 Å². The molecule has 1 heterocycles. The van der Waals surface area contributed by atoms with Crippen LogP contribution in [0.15, 0.2) is 53.6 Å². The molecule has 1 amide bonds. The van der Waals surface area contributed by atoms with Crippen molar-refractivity contribution in [3.05, 3.63) is 59.8 Å². The average Bonchev–Trinajstić information content (AvgIpc) is 3.12. The molecule has 0 unspecified atom stereocenters. The molecule has 0 aliphatic carbocycles. The van der Waals surface area contributed by atoms with Gasteiger partial charge in [0.25, 0.3) is 15.9 Å². The van der Waals surface area contributed by atoms with E-state index in [1.54, 1.807) is 38.1 Å². The van der Waals surface area contributed by atoms with Gasteiger partial charge in [-0.25, -0.2) is 17.2 Å². The minimum Gasteiger partial charge on any atom is -0.496 e. The molecular formula is C21H22N2O6S. The summed E-state index contributed by atoms with van der Waals surface area (Å²) in [6.45, 7) is 3.59. The Hall–Kier alpha value is -3.33. The molecule has 0 atom stereocenters. The molecular weight excluding hydrogens is 408 g/mol. The van der Waals surface area contributed by atoms with Gasteiger partial charge in [0, 0.05) is 17.6 Å². The fraction of sp³-hybridized carbons (Fsp3) is 0.238. The minimum atomic E-state index is -4.12. The van der Waals surface area contributed by atoms with Crippen molar-refractivity contribution in [3.63, 3.8) is 0 Å². The molecule has 0 aliphatic rings. The van der Waals surface area contributed by atoms with E-state index in [2.05, 4.69) is 5.32 Å². The summed E-state index contributed by atoms with van der Waals surface area (Å²) in [5, 5.41) is 3.17. The molecule has 1 aromatic heterocycles. The molecule has 9 heteroatoms. The number of benzene rings is 2. The quantitative estimate of drug-likeness (QED) is 0.603. The summed E-state index contributed by atoms with van der Waals surface area (Å²) in [5.41, 5.74) is 0.543. The lowest BCUT2D eigenvalue weighted by Gasteiger charge is -2.14. The first-order valence-corrected chi connectivity index (χ1v) is 10.6. The van der Waals surface area contributed by atoms with E-state index in [1.807, 2.05) is 0 Å². The first kappa shape index (κ1) is 21.4. The van der Waals surface area contributed by atoms with E-state index in [4.69, 9.17) is 9.47 Å². The van der Waals surface area contributed by atoms with Gasteiger partial charge in [0.1, 0.15) is 5.75 Å². The second kappa shape index (κ2) is 8.19. The van der Waals surface area contributed by atoms with Crippen molar-refractivity contribution in [2.75, 3.05) is 14.2 Å². The summed E-state index contributed by atoms with van der Waals surface area (Å²) >= 11 is 0. The van der Waals surface area contributed by atoms with Crippen LogP contribution in [0.3, 0.4) is 0 Å². The lowest BCUT2D eigenvalue weighted by atomic mass is 10.2. The number of carbonyl (C=O) groups is 2. The second-order valence-corrected chi connectivity index (χ2v) is 8.66. The number of nitrogens with zero attached hydrogens (tertiary/aromatic N) is 1. The Balaban J connectivity index is 2.19. The molecule has 158 valence electrons. The lowest BCUT2D eigenvalue weighted by molar-refractivity contribution is 0.0602. The molecule has 3 rings (SSSR count). The number of hydrogen-bond donors (Lipinski definition) is 1. The Morgan fingerprint density at radius 2 is 1.73 bits per heavy atom. The van der Waals surface area contributed by atoms with Crippen molar-refractivity contribution in [1.29, 1.82) is 0 Å². The number of methoxy groups -OCH3 is 2. The number of aromatic nitrogens is 1. The topological polar surface area (TPSA) is 104 Å². The number of fused-ring (bicyclic) bond motifs is 1. The standard InChI is InChI=1S/C21H22N2O6S/c1-13(2)22-20(24)16-11-14(9-10-19(16)28-3)30(26,27)23-12-17(21(25)29-4)15-7-5-6-8-18(15)23/h5-13H,1-4H3,(H,22,24). The molecule has 8 nitrogen and oxygen atoms in total. The zero-order valence-electron chi connectivity index (χ0n) is 17.0. The van der Waals surface area contributed by atoms with Gasteiger partial charge < -0.3 is 14.8 Å². The van der Waals surface area contributed by atoms with Gasteiger partial charge in [-0.15, -0.1) is 0 Å². The molecule has 3 aromatic rings. The van der Waals surface area contributed by atoms with E-state index in [9.17, 15) is 18.0 Å². The normalized spacial score (nSPS) is 11.5. The van der Waals surface area contributed by atoms with Crippen LogP contribution in [0.25, 0.3) is 10.9 Å². The molecule has 0 fully saturated rings. The van der Waals surface area contributed by atoms with Crippen molar-refractivity contribution in [2.24, 2.45) is 0 Å². The molecule has 0 spiro atoms. The molecule has 0 saturated heterocycles. The lowest BCUT2D eigenvalue weighted by Crippen LogP contribution is -2.30. The molecule has 0 radical (unpaired) electrons. The first-order valence-electron chi connectivity index (χ1n) is 9.13. The number of para-hydroxylation sites is 1. The largest absolute Gasteiger partial charge is 0.496 e. The second-order valence-electron chi connectivity index (χ2n) is 6.84. The van der Waals surface area contributed by atoms with Crippen LogP contribution in [-0.2, 0) is 14.8 Å². The van der Waals surface area contributed by atoms with Gasteiger partial charge in [0.05, 0.1) is 35.8 Å². The first-order chi connectivity index (χ1) is 14.2. The number of ether oxygens (including phenoxy) is 2. The third-order valence-electron chi connectivity index (χ3n) is 4.48. The van der Waals surface area contributed by atoms with Crippen LogP contribution >= 0.6 is 0 Å². The zero-order chi connectivity index (χ0) is 22.1. The highest BCUT2D eigenvalue weighted by Gasteiger charge is 2.26. The summed E-state index contributed by atoms with van der Waals surface area (Å²) in [7, 11) is -1.49. The van der Waals surface area contributed by atoms with Gasteiger partial charge in [-0.2, -0.15) is 0 Å². The van der Waals surface area contributed by atoms with E-state index in [-0.39, 0.29) is 27.8 Å². The molecule has 1 N–H and O–H groups in total. The molecule has 2 aromatic carbocycles. The minimum absolute atomic E-state index is 0.0944. The predicted molar refractivity (Wildman–Crippen MR) is 111 cm³/mol. The maximum atomic E-state index is 13.4. The third kappa shape index (κ3) is 3.76. The SMILES string of the molecule is COC(=O)c1cn(S(=O)(=O)c2ccc(OC)c(C(=O)NC(C)C)c2)c2ccccc12. The molecule has 0 bridgehead atoms. The number of amides is 1. The highest BCUT2D eigenvalue weighted by molar-refractivity contribution is 7.90. The Morgan fingerprint density at radius 1 is 1.03 bits per heavy atom. The van der Waals surface area contributed by atoms with Crippen LogP contribution in [-0.4, -0.2) is 44.5 Å².